The Morgan fingerprint density at radius 3 is 2.59 bits per heavy atom. The molecule has 2 N–H and O–H groups in total. The van der Waals surface area contributed by atoms with Crippen LogP contribution in [0, 0.1) is 20.8 Å². The predicted molar refractivity (Wildman–Crippen MR) is 112 cm³/mol. The molecule has 0 fully saturated rings. The minimum Gasteiger partial charge on any atom is -0.487 e. The zero-order valence-electron chi connectivity index (χ0n) is 16.2. The molecule has 3 aromatic rings. The van der Waals surface area contributed by atoms with Crippen molar-refractivity contribution in [2.75, 3.05) is 13.2 Å². The minimum atomic E-state index is 0.0309. The van der Waals surface area contributed by atoms with Gasteiger partial charge >= 0.3 is 0 Å². The Kier molecular flexibility index (Phi) is 5.77. The lowest BCUT2D eigenvalue weighted by Gasteiger charge is -2.14. The van der Waals surface area contributed by atoms with Gasteiger partial charge in [-0.2, -0.15) is 0 Å². The van der Waals surface area contributed by atoms with E-state index in [1.165, 1.54) is 16.7 Å². The molecule has 6 heteroatoms. The third-order valence-corrected chi connectivity index (χ3v) is 5.23. The largest absolute Gasteiger partial charge is 0.487 e. The first-order chi connectivity index (χ1) is 12.9. The number of ether oxygens (including phenoxy) is 1. The highest BCUT2D eigenvalue weighted by atomic mass is 32.1. The monoisotopic (exact) mass is 383 g/mol. The molecule has 0 atom stereocenters. The molecule has 0 aliphatic rings. The summed E-state index contributed by atoms with van der Waals surface area (Å²) in [6, 6.07) is 10.2. The number of benzene rings is 2. The summed E-state index contributed by atoms with van der Waals surface area (Å²) in [6.07, 6.45) is 0. The van der Waals surface area contributed by atoms with Crippen LogP contribution in [0.3, 0.4) is 0 Å². The van der Waals surface area contributed by atoms with Gasteiger partial charge < -0.3 is 19.7 Å². The number of hydrogen-bond donors (Lipinski definition) is 2. The Balaban J connectivity index is 2.00. The molecule has 5 nitrogen and oxygen atoms in total. The second kappa shape index (κ2) is 8.06. The fourth-order valence-electron chi connectivity index (χ4n) is 3.11. The summed E-state index contributed by atoms with van der Waals surface area (Å²) in [7, 11) is 1.98. The van der Waals surface area contributed by atoms with Gasteiger partial charge in [-0.25, -0.2) is 4.98 Å². The maximum absolute atomic E-state index is 9.04. The number of thiocarbonyl (C=S) groups is 1. The van der Waals surface area contributed by atoms with Crippen LogP contribution in [0.15, 0.2) is 30.3 Å². The third kappa shape index (κ3) is 3.96. The molecular weight excluding hydrogens is 358 g/mol. The lowest BCUT2D eigenvalue weighted by Crippen LogP contribution is -2.25. The molecule has 142 valence electrons. The van der Waals surface area contributed by atoms with Gasteiger partial charge in [-0.05, 0) is 49.6 Å². The van der Waals surface area contributed by atoms with Crippen molar-refractivity contribution in [3.05, 3.63) is 58.4 Å². The number of imidazole rings is 1. The van der Waals surface area contributed by atoms with Crippen LogP contribution in [0.25, 0.3) is 11.0 Å². The molecule has 0 aliphatic carbocycles. The van der Waals surface area contributed by atoms with E-state index in [9.17, 15) is 0 Å². The maximum Gasteiger partial charge on any atom is 0.148 e. The summed E-state index contributed by atoms with van der Waals surface area (Å²) < 4.78 is 8.25. The highest BCUT2D eigenvalue weighted by Gasteiger charge is 2.15. The number of hydrogen-bond acceptors (Lipinski definition) is 4. The summed E-state index contributed by atoms with van der Waals surface area (Å²) in [5.41, 5.74) is 6.25. The summed E-state index contributed by atoms with van der Waals surface area (Å²) in [6.45, 7) is 7.08. The maximum atomic E-state index is 9.04. The van der Waals surface area contributed by atoms with Crippen LogP contribution in [0.2, 0.25) is 0 Å². The molecule has 27 heavy (non-hydrogen) atoms. The van der Waals surface area contributed by atoms with E-state index in [1.807, 2.05) is 30.7 Å². The molecular formula is C21H25N3O2S. The Morgan fingerprint density at radius 2 is 1.93 bits per heavy atom. The van der Waals surface area contributed by atoms with E-state index in [-0.39, 0.29) is 6.61 Å². The number of aliphatic hydroxyl groups is 1. The SMILES string of the molecule is Cc1cccc(C)c1COc1cc(C(=S)NCCO)cc2c1nc(C)n2C. The average molecular weight is 384 g/mol. The van der Waals surface area contributed by atoms with Crippen molar-refractivity contribution in [1.82, 2.24) is 14.9 Å². The van der Waals surface area contributed by atoms with Crippen LogP contribution >= 0.6 is 12.2 Å². The normalized spacial score (nSPS) is 11.0. The summed E-state index contributed by atoms with van der Waals surface area (Å²) in [5, 5.41) is 12.1. The van der Waals surface area contributed by atoms with E-state index in [1.54, 1.807) is 0 Å². The second-order valence-electron chi connectivity index (χ2n) is 6.70. The molecule has 0 radical (unpaired) electrons. The van der Waals surface area contributed by atoms with Crippen LogP contribution in [0.5, 0.6) is 5.75 Å². The number of aromatic nitrogens is 2. The number of aliphatic hydroxyl groups excluding tert-OH is 1. The Hall–Kier alpha value is -2.44. The number of nitrogens with one attached hydrogen (secondary N) is 1. The Bertz CT molecular complexity index is 974. The lowest BCUT2D eigenvalue weighted by atomic mass is 10.0. The van der Waals surface area contributed by atoms with Crippen LogP contribution in [-0.4, -0.2) is 32.8 Å². The molecule has 0 unspecified atom stereocenters. The van der Waals surface area contributed by atoms with Crippen molar-refractivity contribution in [2.45, 2.75) is 27.4 Å². The van der Waals surface area contributed by atoms with Crippen LogP contribution in [-0.2, 0) is 13.7 Å². The van der Waals surface area contributed by atoms with Crippen molar-refractivity contribution >= 4 is 28.2 Å². The van der Waals surface area contributed by atoms with Gasteiger partial charge in [0.1, 0.15) is 28.7 Å². The fraction of sp³-hybridized carbons (Fsp3) is 0.333. The molecule has 0 aliphatic heterocycles. The summed E-state index contributed by atoms with van der Waals surface area (Å²) in [5.74, 6) is 1.62. The van der Waals surface area contributed by atoms with Gasteiger partial charge in [0.05, 0.1) is 12.1 Å². The van der Waals surface area contributed by atoms with Crippen molar-refractivity contribution in [1.29, 1.82) is 0 Å². The van der Waals surface area contributed by atoms with E-state index in [2.05, 4.69) is 42.3 Å². The van der Waals surface area contributed by atoms with E-state index in [0.717, 1.165) is 22.4 Å². The smallest absolute Gasteiger partial charge is 0.148 e. The summed E-state index contributed by atoms with van der Waals surface area (Å²) in [4.78, 5) is 5.25. The topological polar surface area (TPSA) is 59.3 Å². The molecule has 0 spiro atoms. The molecule has 3 rings (SSSR count). The molecule has 1 aromatic heterocycles. The molecule has 2 aromatic carbocycles. The van der Waals surface area contributed by atoms with Crippen LogP contribution in [0.1, 0.15) is 28.1 Å². The van der Waals surface area contributed by atoms with Gasteiger partial charge in [0.25, 0.3) is 0 Å². The van der Waals surface area contributed by atoms with E-state index in [0.29, 0.717) is 23.9 Å². The number of aryl methyl sites for hydroxylation is 4. The van der Waals surface area contributed by atoms with Crippen LogP contribution < -0.4 is 10.1 Å². The van der Waals surface area contributed by atoms with E-state index < -0.39 is 0 Å². The third-order valence-electron chi connectivity index (χ3n) is 4.85. The van der Waals surface area contributed by atoms with Gasteiger partial charge in [-0.3, -0.25) is 0 Å². The Labute approximate surface area is 165 Å². The van der Waals surface area contributed by atoms with Crippen molar-refractivity contribution < 1.29 is 9.84 Å². The van der Waals surface area contributed by atoms with Gasteiger partial charge in [-0.1, -0.05) is 30.4 Å². The highest BCUT2D eigenvalue weighted by Crippen LogP contribution is 2.29. The minimum absolute atomic E-state index is 0.0309. The van der Waals surface area contributed by atoms with Crippen molar-refractivity contribution in [3.8, 4) is 5.75 Å². The molecule has 0 saturated carbocycles. The predicted octanol–water partition coefficient (Wildman–Crippen LogP) is 3.33. The average Bonchev–Trinajstić information content (AvgIpc) is 2.93. The highest BCUT2D eigenvalue weighted by molar-refractivity contribution is 7.80. The van der Waals surface area contributed by atoms with E-state index in [4.69, 9.17) is 22.1 Å². The quantitative estimate of drug-likeness (QED) is 0.640. The molecule has 0 saturated heterocycles. The van der Waals surface area contributed by atoms with Gasteiger partial charge in [0.15, 0.2) is 0 Å². The molecule has 1 heterocycles. The number of fused-ring (bicyclic) bond motifs is 1. The Morgan fingerprint density at radius 1 is 1.22 bits per heavy atom. The van der Waals surface area contributed by atoms with Crippen LogP contribution in [0.4, 0.5) is 0 Å². The first-order valence-corrected chi connectivity index (χ1v) is 9.37. The first kappa shape index (κ1) is 19.3. The fourth-order valence-corrected chi connectivity index (χ4v) is 3.33. The first-order valence-electron chi connectivity index (χ1n) is 8.96. The van der Waals surface area contributed by atoms with Crippen molar-refractivity contribution in [2.24, 2.45) is 7.05 Å². The number of nitrogens with zero attached hydrogens (tertiary/aromatic N) is 2. The van der Waals surface area contributed by atoms with Crippen molar-refractivity contribution in [3.63, 3.8) is 0 Å². The number of rotatable bonds is 6. The van der Waals surface area contributed by atoms with E-state index >= 15 is 0 Å². The zero-order chi connectivity index (χ0) is 19.6. The van der Waals surface area contributed by atoms with Gasteiger partial charge in [0.2, 0.25) is 0 Å². The van der Waals surface area contributed by atoms with Gasteiger partial charge in [-0.15, -0.1) is 0 Å². The molecule has 0 amide bonds. The lowest BCUT2D eigenvalue weighted by molar-refractivity contribution is 0.301. The summed E-state index contributed by atoms with van der Waals surface area (Å²) >= 11 is 5.47. The second-order valence-corrected chi connectivity index (χ2v) is 7.11. The zero-order valence-corrected chi connectivity index (χ0v) is 17.0. The molecule has 0 bridgehead atoms. The van der Waals surface area contributed by atoms with Gasteiger partial charge in [0, 0.05) is 19.2 Å². The standard InChI is InChI=1S/C21H25N3O2S/c1-13-6-5-7-14(2)17(13)12-26-19-11-16(21(27)22-8-9-25)10-18-20(19)23-15(3)24(18)4/h5-7,10-11,25H,8-9,12H2,1-4H3,(H,22,27).